The molecule has 0 atom stereocenters. The summed E-state index contributed by atoms with van der Waals surface area (Å²) < 4.78 is 55.9. The first-order valence-corrected chi connectivity index (χ1v) is 11.3. The van der Waals surface area contributed by atoms with Gasteiger partial charge >= 0.3 is 0 Å². The van der Waals surface area contributed by atoms with Gasteiger partial charge in [-0.15, -0.1) is 0 Å². The van der Waals surface area contributed by atoms with Crippen molar-refractivity contribution >= 4 is 31.5 Å². The monoisotopic (exact) mass is 417 g/mol. The summed E-state index contributed by atoms with van der Waals surface area (Å²) in [6, 6.07) is 9.00. The van der Waals surface area contributed by atoms with Crippen LogP contribution in [0.4, 0.5) is 0 Å². The van der Waals surface area contributed by atoms with E-state index in [9.17, 15) is 16.8 Å². The Hall–Kier alpha value is -1.61. The molecule has 2 aromatic carbocycles. The second-order valence-corrected chi connectivity index (χ2v) is 10.4. The zero-order chi connectivity index (χ0) is 19.7. The molecule has 2 rings (SSSR count). The van der Waals surface area contributed by atoms with Gasteiger partial charge in [0.1, 0.15) is 5.75 Å². The molecule has 0 aliphatic carbocycles. The molecule has 0 spiro atoms. The average molecular weight is 418 g/mol. The van der Waals surface area contributed by atoms with Crippen molar-refractivity contribution in [2.75, 3.05) is 20.4 Å². The second-order valence-electron chi connectivity index (χ2n) is 5.92. The van der Waals surface area contributed by atoms with E-state index in [2.05, 4.69) is 0 Å². The van der Waals surface area contributed by atoms with E-state index in [0.29, 0.717) is 21.9 Å². The quantitative estimate of drug-likeness (QED) is 0.721. The molecule has 0 N–H and O–H groups in total. The van der Waals surface area contributed by atoms with Crippen molar-refractivity contribution in [3.63, 3.8) is 0 Å². The van der Waals surface area contributed by atoms with Gasteiger partial charge in [0.2, 0.25) is 10.0 Å². The van der Waals surface area contributed by atoms with Crippen molar-refractivity contribution in [2.45, 2.75) is 23.3 Å². The Morgan fingerprint density at radius 2 is 1.73 bits per heavy atom. The molecule has 0 bridgehead atoms. The van der Waals surface area contributed by atoms with Crippen molar-refractivity contribution in [2.24, 2.45) is 0 Å². The third-order valence-electron chi connectivity index (χ3n) is 3.91. The average Bonchev–Trinajstić information content (AvgIpc) is 2.54. The van der Waals surface area contributed by atoms with Crippen molar-refractivity contribution in [1.82, 2.24) is 4.31 Å². The highest BCUT2D eigenvalue weighted by Gasteiger charge is 2.25. The number of ether oxygens (including phenoxy) is 1. The Balaban J connectivity index is 2.46. The van der Waals surface area contributed by atoms with Gasteiger partial charge in [0, 0.05) is 30.4 Å². The molecule has 0 unspecified atom stereocenters. The summed E-state index contributed by atoms with van der Waals surface area (Å²) in [6.07, 6.45) is 1.04. The molecule has 0 fully saturated rings. The maximum Gasteiger partial charge on any atom is 0.243 e. The van der Waals surface area contributed by atoms with Crippen LogP contribution >= 0.6 is 11.6 Å². The van der Waals surface area contributed by atoms with Gasteiger partial charge in [-0.1, -0.05) is 17.7 Å². The van der Waals surface area contributed by atoms with Gasteiger partial charge in [-0.2, -0.15) is 4.31 Å². The smallest absolute Gasteiger partial charge is 0.243 e. The van der Waals surface area contributed by atoms with Crippen LogP contribution in [0, 0.1) is 6.92 Å². The fraction of sp³-hybridized carbons (Fsp3) is 0.294. The third kappa shape index (κ3) is 4.37. The van der Waals surface area contributed by atoms with Gasteiger partial charge in [0.05, 0.1) is 16.9 Å². The molecule has 9 heteroatoms. The van der Waals surface area contributed by atoms with Crippen LogP contribution < -0.4 is 4.74 Å². The van der Waals surface area contributed by atoms with E-state index >= 15 is 0 Å². The zero-order valence-electron chi connectivity index (χ0n) is 14.9. The van der Waals surface area contributed by atoms with Gasteiger partial charge < -0.3 is 4.74 Å². The van der Waals surface area contributed by atoms with E-state index < -0.39 is 19.9 Å². The molecule has 6 nitrogen and oxygen atoms in total. The molecule has 0 aliphatic heterocycles. The maximum atomic E-state index is 13.0. The highest BCUT2D eigenvalue weighted by atomic mass is 35.5. The van der Waals surface area contributed by atoms with Crippen molar-refractivity contribution in [3.8, 4) is 5.75 Å². The Kier molecular flexibility index (Phi) is 6.02. The minimum atomic E-state index is -3.92. The first kappa shape index (κ1) is 20.7. The molecule has 2 aromatic rings. The van der Waals surface area contributed by atoms with Gasteiger partial charge in [0.25, 0.3) is 0 Å². The zero-order valence-corrected chi connectivity index (χ0v) is 17.2. The van der Waals surface area contributed by atoms with Crippen molar-refractivity contribution in [1.29, 1.82) is 0 Å². The van der Waals surface area contributed by atoms with Crippen LogP contribution in [-0.4, -0.2) is 41.6 Å². The number of hydrogen-bond donors (Lipinski definition) is 0. The van der Waals surface area contributed by atoms with E-state index in [0.717, 1.165) is 10.6 Å². The molecule has 0 heterocycles. The molecule has 0 amide bonds. The van der Waals surface area contributed by atoms with E-state index in [1.165, 1.54) is 32.4 Å². The first-order chi connectivity index (χ1) is 12.0. The van der Waals surface area contributed by atoms with E-state index in [1.807, 2.05) is 0 Å². The van der Waals surface area contributed by atoms with Crippen LogP contribution in [0.15, 0.2) is 46.2 Å². The van der Waals surface area contributed by atoms with E-state index in [1.54, 1.807) is 25.1 Å². The summed E-state index contributed by atoms with van der Waals surface area (Å²) in [4.78, 5) is -0.0978. The number of sulfone groups is 1. The molecule has 0 saturated carbocycles. The predicted octanol–water partition coefficient (Wildman–Crippen LogP) is 2.88. The normalized spacial score (nSPS) is 12.4. The van der Waals surface area contributed by atoms with Crippen LogP contribution in [0.3, 0.4) is 0 Å². The Bertz CT molecular complexity index is 1030. The summed E-state index contributed by atoms with van der Waals surface area (Å²) in [5.41, 5.74) is 1.06. The summed E-state index contributed by atoms with van der Waals surface area (Å²) in [5, 5.41) is 0.460. The lowest BCUT2D eigenvalue weighted by Gasteiger charge is -2.20. The third-order valence-corrected chi connectivity index (χ3v) is 7.20. The van der Waals surface area contributed by atoms with E-state index in [-0.39, 0.29) is 16.3 Å². The number of benzene rings is 2. The molecule has 26 heavy (non-hydrogen) atoms. The Morgan fingerprint density at radius 3 is 2.31 bits per heavy atom. The lowest BCUT2D eigenvalue weighted by molar-refractivity contribution is 0.398. The second kappa shape index (κ2) is 7.56. The van der Waals surface area contributed by atoms with Crippen LogP contribution in [0.2, 0.25) is 5.02 Å². The van der Waals surface area contributed by atoms with Crippen LogP contribution in [-0.2, 0) is 26.4 Å². The summed E-state index contributed by atoms with van der Waals surface area (Å²) in [7, 11) is -4.54. The molecule has 0 radical (unpaired) electrons. The number of aryl methyl sites for hydroxylation is 1. The SMILES string of the molecule is COc1ccc(Cl)cc1CN(C)S(=O)(=O)c1cc(S(C)(=O)=O)ccc1C. The van der Waals surface area contributed by atoms with Crippen LogP contribution in [0.1, 0.15) is 11.1 Å². The van der Waals surface area contributed by atoms with Gasteiger partial charge in [-0.05, 0) is 42.8 Å². The summed E-state index contributed by atoms with van der Waals surface area (Å²) in [5.74, 6) is 0.512. The number of nitrogens with zero attached hydrogens (tertiary/aromatic N) is 1. The fourth-order valence-electron chi connectivity index (χ4n) is 2.45. The number of hydrogen-bond acceptors (Lipinski definition) is 5. The van der Waals surface area contributed by atoms with Crippen molar-refractivity contribution < 1.29 is 21.6 Å². The number of sulfonamides is 1. The Morgan fingerprint density at radius 1 is 1.08 bits per heavy atom. The highest BCUT2D eigenvalue weighted by Crippen LogP contribution is 2.28. The Labute approximate surface area is 159 Å². The molecular weight excluding hydrogens is 398 g/mol. The number of halogens is 1. The number of methoxy groups -OCH3 is 1. The molecule has 142 valence electrons. The lowest BCUT2D eigenvalue weighted by Crippen LogP contribution is -2.27. The highest BCUT2D eigenvalue weighted by molar-refractivity contribution is 7.91. The lowest BCUT2D eigenvalue weighted by atomic mass is 10.2. The standard InChI is InChI=1S/C17H20ClNO5S2/c1-12-5-7-15(25(4,20)21)10-17(12)26(22,23)19(2)11-13-9-14(18)6-8-16(13)24-3/h5-10H,11H2,1-4H3. The van der Waals surface area contributed by atoms with Gasteiger partial charge in [0.15, 0.2) is 9.84 Å². The van der Waals surface area contributed by atoms with Crippen molar-refractivity contribution in [3.05, 3.63) is 52.5 Å². The molecule has 0 aromatic heterocycles. The van der Waals surface area contributed by atoms with E-state index in [4.69, 9.17) is 16.3 Å². The number of rotatable bonds is 6. The minimum absolute atomic E-state index is 0.0224. The molecular formula is C17H20ClNO5S2. The summed E-state index contributed by atoms with van der Waals surface area (Å²) >= 11 is 5.99. The first-order valence-electron chi connectivity index (χ1n) is 7.56. The minimum Gasteiger partial charge on any atom is -0.496 e. The van der Waals surface area contributed by atoms with Crippen LogP contribution in [0.5, 0.6) is 5.75 Å². The molecule has 0 aliphatic rings. The fourth-order valence-corrected chi connectivity index (χ4v) is 4.76. The summed E-state index contributed by atoms with van der Waals surface area (Å²) in [6.45, 7) is 1.64. The van der Waals surface area contributed by atoms with Crippen LogP contribution in [0.25, 0.3) is 0 Å². The van der Waals surface area contributed by atoms with Gasteiger partial charge in [-0.3, -0.25) is 0 Å². The topological polar surface area (TPSA) is 80.8 Å². The molecule has 0 saturated heterocycles. The maximum absolute atomic E-state index is 13.0. The predicted molar refractivity (Wildman–Crippen MR) is 101 cm³/mol. The largest absolute Gasteiger partial charge is 0.496 e. The van der Waals surface area contributed by atoms with Gasteiger partial charge in [-0.25, -0.2) is 16.8 Å².